The van der Waals surface area contributed by atoms with E-state index in [2.05, 4.69) is 20.7 Å². The summed E-state index contributed by atoms with van der Waals surface area (Å²) in [5.41, 5.74) is 0. The molecular weight excluding hydrogens is 286 g/mol. The molecular formula is C10H11N5O4S. The van der Waals surface area contributed by atoms with Crippen LogP contribution in [0.5, 0.6) is 0 Å². The van der Waals surface area contributed by atoms with Gasteiger partial charge in [-0.25, -0.2) is 4.79 Å². The summed E-state index contributed by atoms with van der Waals surface area (Å²) in [6.07, 6.45) is 0. The van der Waals surface area contributed by atoms with Gasteiger partial charge in [-0.1, -0.05) is 6.07 Å². The highest BCUT2D eigenvalue weighted by Gasteiger charge is 2.19. The van der Waals surface area contributed by atoms with Crippen molar-refractivity contribution in [3.05, 3.63) is 17.5 Å². The first-order valence-electron chi connectivity index (χ1n) is 5.55. The molecule has 0 saturated heterocycles. The van der Waals surface area contributed by atoms with E-state index in [0.29, 0.717) is 5.82 Å². The molecule has 0 saturated carbocycles. The first-order valence-corrected chi connectivity index (χ1v) is 6.43. The van der Waals surface area contributed by atoms with Gasteiger partial charge in [0, 0.05) is 0 Å². The lowest BCUT2D eigenvalue weighted by Crippen LogP contribution is -2.44. The van der Waals surface area contributed by atoms with E-state index >= 15 is 0 Å². The molecule has 0 aromatic carbocycles. The van der Waals surface area contributed by atoms with Gasteiger partial charge in [0.2, 0.25) is 11.7 Å². The predicted molar refractivity (Wildman–Crippen MR) is 67.8 cm³/mol. The summed E-state index contributed by atoms with van der Waals surface area (Å²) < 4.78 is 0. The molecule has 1 atom stereocenters. The van der Waals surface area contributed by atoms with E-state index in [1.165, 1.54) is 11.3 Å². The molecule has 2 rings (SSSR count). The Labute approximate surface area is 116 Å². The lowest BCUT2D eigenvalue weighted by atomic mass is 10.3. The third-order valence-electron chi connectivity index (χ3n) is 2.30. The second-order valence-electron chi connectivity index (χ2n) is 3.76. The summed E-state index contributed by atoms with van der Waals surface area (Å²) in [4.78, 5) is 24.1. The smallest absolute Gasteiger partial charge is 0.328 e. The van der Waals surface area contributed by atoms with Crippen molar-refractivity contribution in [2.45, 2.75) is 12.6 Å². The predicted octanol–water partition coefficient (Wildman–Crippen LogP) is -1.04. The molecule has 20 heavy (non-hydrogen) atoms. The number of rotatable bonds is 6. The van der Waals surface area contributed by atoms with Gasteiger partial charge in [0.25, 0.3) is 0 Å². The van der Waals surface area contributed by atoms with E-state index in [0.717, 1.165) is 9.67 Å². The number of aromatic nitrogens is 4. The SMILES string of the molecule is O=C(Cn1nnc(-c2cccs2)n1)N[C@@H](CO)C(=O)O. The van der Waals surface area contributed by atoms with Gasteiger partial charge in [-0.05, 0) is 16.7 Å². The van der Waals surface area contributed by atoms with Crippen molar-refractivity contribution >= 4 is 23.2 Å². The Balaban J connectivity index is 1.97. The highest BCUT2D eigenvalue weighted by atomic mass is 32.1. The number of carboxylic acid groups (broad SMARTS) is 1. The number of aliphatic hydroxyl groups is 1. The number of amides is 1. The van der Waals surface area contributed by atoms with Crippen molar-refractivity contribution in [2.24, 2.45) is 0 Å². The number of aliphatic hydroxyl groups excluding tert-OH is 1. The average molecular weight is 297 g/mol. The molecule has 1 amide bonds. The highest BCUT2D eigenvalue weighted by Crippen LogP contribution is 2.19. The molecule has 10 heteroatoms. The number of tetrazole rings is 1. The Kier molecular flexibility index (Phi) is 4.38. The molecule has 0 radical (unpaired) electrons. The Morgan fingerprint density at radius 2 is 2.30 bits per heavy atom. The van der Waals surface area contributed by atoms with Gasteiger partial charge in [-0.15, -0.1) is 21.5 Å². The Hall–Kier alpha value is -2.33. The molecule has 0 fully saturated rings. The molecule has 9 nitrogen and oxygen atoms in total. The minimum atomic E-state index is -1.34. The molecule has 106 valence electrons. The van der Waals surface area contributed by atoms with Gasteiger partial charge in [0.1, 0.15) is 12.6 Å². The fraction of sp³-hybridized carbons (Fsp3) is 0.300. The van der Waals surface area contributed by atoms with Crippen LogP contribution in [0.4, 0.5) is 0 Å². The first-order chi connectivity index (χ1) is 9.60. The molecule has 0 bridgehead atoms. The summed E-state index contributed by atoms with van der Waals surface area (Å²) in [5.74, 6) is -1.54. The largest absolute Gasteiger partial charge is 0.480 e. The van der Waals surface area contributed by atoms with E-state index in [9.17, 15) is 9.59 Å². The van der Waals surface area contributed by atoms with Crippen molar-refractivity contribution in [2.75, 3.05) is 6.61 Å². The number of thiophene rings is 1. The Bertz CT molecular complexity index is 597. The van der Waals surface area contributed by atoms with Crippen molar-refractivity contribution < 1.29 is 19.8 Å². The molecule has 2 aromatic rings. The third kappa shape index (κ3) is 3.36. The van der Waals surface area contributed by atoms with E-state index in [-0.39, 0.29) is 6.54 Å². The molecule has 0 unspecified atom stereocenters. The summed E-state index contributed by atoms with van der Waals surface area (Å²) in [6.45, 7) is -0.964. The minimum absolute atomic E-state index is 0.276. The molecule has 3 N–H and O–H groups in total. The topological polar surface area (TPSA) is 130 Å². The zero-order valence-electron chi connectivity index (χ0n) is 10.1. The zero-order valence-corrected chi connectivity index (χ0v) is 10.9. The zero-order chi connectivity index (χ0) is 14.5. The quantitative estimate of drug-likeness (QED) is 0.621. The normalized spacial score (nSPS) is 12.1. The number of hydrogen-bond donors (Lipinski definition) is 3. The van der Waals surface area contributed by atoms with Crippen LogP contribution in [0, 0.1) is 0 Å². The third-order valence-corrected chi connectivity index (χ3v) is 3.16. The van der Waals surface area contributed by atoms with Crippen LogP contribution < -0.4 is 5.32 Å². The molecule has 0 aliphatic rings. The van der Waals surface area contributed by atoms with Crippen molar-refractivity contribution in [1.29, 1.82) is 0 Å². The van der Waals surface area contributed by atoms with E-state index in [4.69, 9.17) is 10.2 Å². The van der Waals surface area contributed by atoms with Crippen molar-refractivity contribution in [1.82, 2.24) is 25.5 Å². The van der Waals surface area contributed by atoms with E-state index < -0.39 is 24.5 Å². The summed E-state index contributed by atoms with van der Waals surface area (Å²) in [6, 6.07) is 2.31. The lowest BCUT2D eigenvalue weighted by molar-refractivity contribution is -0.143. The van der Waals surface area contributed by atoms with Crippen LogP contribution in [0.25, 0.3) is 10.7 Å². The van der Waals surface area contributed by atoms with Crippen LogP contribution in [0.1, 0.15) is 0 Å². The molecule has 0 aliphatic heterocycles. The Morgan fingerprint density at radius 1 is 1.50 bits per heavy atom. The minimum Gasteiger partial charge on any atom is -0.480 e. The maximum Gasteiger partial charge on any atom is 0.328 e. The molecule has 2 aromatic heterocycles. The van der Waals surface area contributed by atoms with Crippen LogP contribution in [-0.2, 0) is 16.1 Å². The maximum absolute atomic E-state index is 11.6. The van der Waals surface area contributed by atoms with Gasteiger partial charge in [-0.3, -0.25) is 4.79 Å². The van der Waals surface area contributed by atoms with Gasteiger partial charge < -0.3 is 15.5 Å². The fourth-order valence-electron chi connectivity index (χ4n) is 1.37. The fourth-order valence-corrected chi connectivity index (χ4v) is 2.02. The average Bonchev–Trinajstić information content (AvgIpc) is 3.05. The maximum atomic E-state index is 11.6. The van der Waals surface area contributed by atoms with E-state index in [1.54, 1.807) is 0 Å². The number of nitrogens with one attached hydrogen (secondary N) is 1. The number of nitrogens with zero attached hydrogens (tertiary/aromatic N) is 4. The second kappa shape index (κ2) is 6.21. The van der Waals surface area contributed by atoms with E-state index in [1.807, 2.05) is 17.5 Å². The second-order valence-corrected chi connectivity index (χ2v) is 4.71. The van der Waals surface area contributed by atoms with Crippen LogP contribution >= 0.6 is 11.3 Å². The number of carbonyl (C=O) groups excluding carboxylic acids is 1. The van der Waals surface area contributed by atoms with Crippen LogP contribution in [0.15, 0.2) is 17.5 Å². The van der Waals surface area contributed by atoms with Crippen molar-refractivity contribution in [3.8, 4) is 10.7 Å². The van der Waals surface area contributed by atoms with Gasteiger partial charge >= 0.3 is 5.97 Å². The van der Waals surface area contributed by atoms with Gasteiger partial charge in [0.05, 0.1) is 11.5 Å². The van der Waals surface area contributed by atoms with Gasteiger partial charge in [0.15, 0.2) is 0 Å². The standard InChI is InChI=1S/C10H11N5O4S/c16-5-6(10(18)19)11-8(17)4-15-13-9(12-14-15)7-2-1-3-20-7/h1-3,6,16H,4-5H2,(H,11,17)(H,18,19)/t6-/m0/s1. The van der Waals surface area contributed by atoms with Crippen LogP contribution in [0.2, 0.25) is 0 Å². The summed E-state index contributed by atoms with van der Waals surface area (Å²) >= 11 is 1.44. The summed E-state index contributed by atoms with van der Waals surface area (Å²) in [7, 11) is 0. The number of carboxylic acids is 1. The monoisotopic (exact) mass is 297 g/mol. The lowest BCUT2D eigenvalue weighted by Gasteiger charge is -2.10. The Morgan fingerprint density at radius 3 is 2.90 bits per heavy atom. The molecule has 0 spiro atoms. The number of aliphatic carboxylic acids is 1. The first kappa shape index (κ1) is 14.1. The van der Waals surface area contributed by atoms with Crippen molar-refractivity contribution in [3.63, 3.8) is 0 Å². The number of hydrogen-bond acceptors (Lipinski definition) is 7. The molecule has 2 heterocycles. The van der Waals surface area contributed by atoms with Crippen LogP contribution in [-0.4, -0.2) is 54.9 Å². The van der Waals surface area contributed by atoms with Gasteiger partial charge in [-0.2, -0.15) is 4.80 Å². The number of carbonyl (C=O) groups is 2. The highest BCUT2D eigenvalue weighted by molar-refractivity contribution is 7.13. The molecule has 0 aliphatic carbocycles. The van der Waals surface area contributed by atoms with Crippen LogP contribution in [0.3, 0.4) is 0 Å². The summed E-state index contributed by atoms with van der Waals surface area (Å²) in [5, 5.41) is 33.0.